The van der Waals surface area contributed by atoms with Gasteiger partial charge in [0.2, 0.25) is 0 Å². The highest BCUT2D eigenvalue weighted by Crippen LogP contribution is 2.22. The van der Waals surface area contributed by atoms with Crippen molar-refractivity contribution in [3.8, 4) is 17.2 Å². The van der Waals surface area contributed by atoms with Gasteiger partial charge in [0, 0.05) is 0 Å². The molecule has 5 nitrogen and oxygen atoms in total. The molecule has 0 fully saturated rings. The van der Waals surface area contributed by atoms with E-state index in [4.69, 9.17) is 25.8 Å². The second-order valence-electron chi connectivity index (χ2n) is 4.59. The number of para-hydroxylation sites is 1. The summed E-state index contributed by atoms with van der Waals surface area (Å²) >= 11 is 5.94. The van der Waals surface area contributed by atoms with Gasteiger partial charge < -0.3 is 19.5 Å². The van der Waals surface area contributed by atoms with Crippen LogP contribution in [0.3, 0.4) is 0 Å². The Morgan fingerprint density at radius 3 is 2.43 bits per heavy atom. The quantitative estimate of drug-likeness (QED) is 0.754. The predicted octanol–water partition coefficient (Wildman–Crippen LogP) is 2.92. The minimum absolute atomic E-state index is 0.0910. The zero-order valence-electron chi connectivity index (χ0n) is 12.8. The SMILES string of the molecule is COc1ccc(OCCNC(=O)COc2ccccc2Cl)cc1. The summed E-state index contributed by atoms with van der Waals surface area (Å²) in [5.41, 5.74) is 0. The Kier molecular flexibility index (Phi) is 6.56. The zero-order valence-corrected chi connectivity index (χ0v) is 13.5. The van der Waals surface area contributed by atoms with Crippen molar-refractivity contribution in [1.82, 2.24) is 5.32 Å². The summed E-state index contributed by atoms with van der Waals surface area (Å²) in [5.74, 6) is 1.73. The lowest BCUT2D eigenvalue weighted by Crippen LogP contribution is -2.32. The molecular formula is C17H18ClNO4. The standard InChI is InChI=1S/C17H18ClNO4/c1-21-13-6-8-14(9-7-13)22-11-10-19-17(20)12-23-16-5-3-2-4-15(16)18/h2-9H,10-12H2,1H3,(H,19,20). The lowest BCUT2D eigenvalue weighted by molar-refractivity contribution is -0.123. The van der Waals surface area contributed by atoms with E-state index in [9.17, 15) is 4.79 Å². The molecule has 0 unspecified atom stereocenters. The topological polar surface area (TPSA) is 56.8 Å². The van der Waals surface area contributed by atoms with Crippen molar-refractivity contribution in [3.05, 3.63) is 53.6 Å². The zero-order chi connectivity index (χ0) is 16.5. The fourth-order valence-electron chi connectivity index (χ4n) is 1.79. The van der Waals surface area contributed by atoms with Crippen LogP contribution in [-0.2, 0) is 4.79 Å². The van der Waals surface area contributed by atoms with Crippen LogP contribution in [0, 0.1) is 0 Å². The van der Waals surface area contributed by atoms with Crippen LogP contribution in [0.2, 0.25) is 5.02 Å². The predicted molar refractivity (Wildman–Crippen MR) is 88.4 cm³/mol. The van der Waals surface area contributed by atoms with Crippen molar-refractivity contribution >= 4 is 17.5 Å². The van der Waals surface area contributed by atoms with E-state index >= 15 is 0 Å². The van der Waals surface area contributed by atoms with Gasteiger partial charge in [0.15, 0.2) is 6.61 Å². The number of amides is 1. The Labute approximate surface area is 140 Å². The molecule has 0 aliphatic rings. The summed E-state index contributed by atoms with van der Waals surface area (Å²) in [6, 6.07) is 14.2. The van der Waals surface area contributed by atoms with Gasteiger partial charge in [0.1, 0.15) is 23.9 Å². The number of rotatable bonds is 8. The molecule has 0 atom stereocenters. The third-order valence-electron chi connectivity index (χ3n) is 2.95. The van der Waals surface area contributed by atoms with Crippen LogP contribution in [0.4, 0.5) is 0 Å². The highest BCUT2D eigenvalue weighted by Gasteiger charge is 2.05. The average Bonchev–Trinajstić information content (AvgIpc) is 2.58. The van der Waals surface area contributed by atoms with Crippen LogP contribution in [0.5, 0.6) is 17.2 Å². The molecule has 23 heavy (non-hydrogen) atoms. The summed E-state index contributed by atoms with van der Waals surface area (Å²) in [6.07, 6.45) is 0. The average molecular weight is 336 g/mol. The van der Waals surface area contributed by atoms with Gasteiger partial charge in [-0.1, -0.05) is 23.7 Å². The molecular weight excluding hydrogens is 318 g/mol. The van der Waals surface area contributed by atoms with Crippen molar-refractivity contribution in [3.63, 3.8) is 0 Å². The van der Waals surface area contributed by atoms with E-state index in [1.165, 1.54) is 0 Å². The summed E-state index contributed by atoms with van der Waals surface area (Å²) in [5, 5.41) is 3.18. The Bertz CT molecular complexity index is 631. The molecule has 0 aliphatic heterocycles. The number of ether oxygens (including phenoxy) is 3. The largest absolute Gasteiger partial charge is 0.497 e. The van der Waals surface area contributed by atoms with E-state index in [2.05, 4.69) is 5.32 Å². The molecule has 122 valence electrons. The number of halogens is 1. The smallest absolute Gasteiger partial charge is 0.258 e. The number of nitrogens with one attached hydrogen (secondary N) is 1. The fourth-order valence-corrected chi connectivity index (χ4v) is 1.98. The highest BCUT2D eigenvalue weighted by atomic mass is 35.5. The van der Waals surface area contributed by atoms with Gasteiger partial charge in [-0.2, -0.15) is 0 Å². The molecule has 2 aromatic carbocycles. The van der Waals surface area contributed by atoms with Crippen molar-refractivity contribution in [1.29, 1.82) is 0 Å². The molecule has 0 radical (unpaired) electrons. The molecule has 6 heteroatoms. The molecule has 1 N–H and O–H groups in total. The van der Waals surface area contributed by atoms with Gasteiger partial charge in [-0.05, 0) is 36.4 Å². The molecule has 0 bridgehead atoms. The van der Waals surface area contributed by atoms with Crippen LogP contribution < -0.4 is 19.5 Å². The molecule has 2 aromatic rings. The molecule has 0 saturated heterocycles. The minimum Gasteiger partial charge on any atom is -0.497 e. The highest BCUT2D eigenvalue weighted by molar-refractivity contribution is 6.32. The third kappa shape index (κ3) is 5.71. The molecule has 0 saturated carbocycles. The number of benzene rings is 2. The fraction of sp³-hybridized carbons (Fsp3) is 0.235. The van der Waals surface area contributed by atoms with Crippen LogP contribution in [-0.4, -0.2) is 32.8 Å². The molecule has 0 spiro atoms. The van der Waals surface area contributed by atoms with E-state index in [1.807, 2.05) is 12.1 Å². The number of carbonyl (C=O) groups excluding carboxylic acids is 1. The van der Waals surface area contributed by atoms with Crippen LogP contribution >= 0.6 is 11.6 Å². The van der Waals surface area contributed by atoms with E-state index < -0.39 is 0 Å². The van der Waals surface area contributed by atoms with Gasteiger partial charge in [-0.3, -0.25) is 4.79 Å². The summed E-state index contributed by atoms with van der Waals surface area (Å²) < 4.78 is 15.9. The molecule has 0 heterocycles. The Morgan fingerprint density at radius 1 is 1.04 bits per heavy atom. The minimum atomic E-state index is -0.233. The molecule has 0 aromatic heterocycles. The Morgan fingerprint density at radius 2 is 1.74 bits per heavy atom. The number of hydrogen-bond acceptors (Lipinski definition) is 4. The second kappa shape index (κ2) is 8.90. The van der Waals surface area contributed by atoms with Gasteiger partial charge >= 0.3 is 0 Å². The van der Waals surface area contributed by atoms with Crippen molar-refractivity contribution in [2.24, 2.45) is 0 Å². The maximum absolute atomic E-state index is 11.7. The molecule has 1 amide bonds. The maximum Gasteiger partial charge on any atom is 0.258 e. The Balaban J connectivity index is 1.63. The summed E-state index contributed by atoms with van der Waals surface area (Å²) in [6.45, 7) is 0.660. The van der Waals surface area contributed by atoms with Crippen molar-refractivity contribution in [2.45, 2.75) is 0 Å². The monoisotopic (exact) mass is 335 g/mol. The van der Waals surface area contributed by atoms with Crippen LogP contribution in [0.25, 0.3) is 0 Å². The van der Waals surface area contributed by atoms with Crippen LogP contribution in [0.1, 0.15) is 0 Å². The van der Waals surface area contributed by atoms with Gasteiger partial charge in [-0.15, -0.1) is 0 Å². The lowest BCUT2D eigenvalue weighted by atomic mass is 10.3. The normalized spacial score (nSPS) is 10.0. The first kappa shape index (κ1) is 17.0. The van der Waals surface area contributed by atoms with Crippen LogP contribution in [0.15, 0.2) is 48.5 Å². The van der Waals surface area contributed by atoms with Gasteiger partial charge in [0.05, 0.1) is 18.7 Å². The Hall–Kier alpha value is -2.40. The number of hydrogen-bond donors (Lipinski definition) is 1. The molecule has 2 rings (SSSR count). The van der Waals surface area contributed by atoms with E-state index in [0.29, 0.717) is 29.7 Å². The first-order valence-electron chi connectivity index (χ1n) is 7.10. The van der Waals surface area contributed by atoms with E-state index in [1.54, 1.807) is 43.5 Å². The maximum atomic E-state index is 11.7. The lowest BCUT2D eigenvalue weighted by Gasteiger charge is -2.10. The first-order chi connectivity index (χ1) is 11.2. The summed E-state index contributed by atoms with van der Waals surface area (Å²) in [7, 11) is 1.61. The van der Waals surface area contributed by atoms with Gasteiger partial charge in [0.25, 0.3) is 5.91 Å². The van der Waals surface area contributed by atoms with Gasteiger partial charge in [-0.25, -0.2) is 0 Å². The van der Waals surface area contributed by atoms with E-state index in [-0.39, 0.29) is 12.5 Å². The van der Waals surface area contributed by atoms with Crippen molar-refractivity contribution < 1.29 is 19.0 Å². The van der Waals surface area contributed by atoms with Crippen molar-refractivity contribution in [2.75, 3.05) is 26.9 Å². The number of methoxy groups -OCH3 is 1. The third-order valence-corrected chi connectivity index (χ3v) is 3.26. The molecule has 0 aliphatic carbocycles. The first-order valence-corrected chi connectivity index (χ1v) is 7.47. The van der Waals surface area contributed by atoms with E-state index in [0.717, 1.165) is 5.75 Å². The summed E-state index contributed by atoms with van der Waals surface area (Å²) in [4.78, 5) is 11.7. The second-order valence-corrected chi connectivity index (χ2v) is 5.00. The number of carbonyl (C=O) groups is 1.